The molecule has 1 aromatic heterocycles. The van der Waals surface area contributed by atoms with Crippen molar-refractivity contribution in [2.75, 3.05) is 31.9 Å². The molecule has 168 valence electrons. The number of para-hydroxylation sites is 1. The number of tetrazole rings is 1. The van der Waals surface area contributed by atoms with Crippen LogP contribution in [0.1, 0.15) is 11.1 Å². The molecule has 9 nitrogen and oxygen atoms in total. The van der Waals surface area contributed by atoms with Gasteiger partial charge in [-0.25, -0.2) is 8.42 Å². The number of aromatic nitrogens is 4. The summed E-state index contributed by atoms with van der Waals surface area (Å²) in [5.74, 6) is 0.109. The maximum atomic E-state index is 13.0. The number of amides is 1. The molecule has 0 spiro atoms. The zero-order chi connectivity index (χ0) is 22.7. The highest BCUT2D eigenvalue weighted by atomic mass is 32.2. The topological polar surface area (TPSA) is 101 Å². The number of benzene rings is 2. The second kappa shape index (κ2) is 9.39. The van der Waals surface area contributed by atoms with E-state index in [1.165, 1.54) is 16.1 Å². The predicted molar refractivity (Wildman–Crippen MR) is 121 cm³/mol. The lowest BCUT2D eigenvalue weighted by Gasteiger charge is -2.34. The molecule has 1 fully saturated rings. The first-order valence-electron chi connectivity index (χ1n) is 10.2. The number of sulfonamides is 1. The first-order valence-corrected chi connectivity index (χ1v) is 12.6. The van der Waals surface area contributed by atoms with Crippen LogP contribution in [0.2, 0.25) is 0 Å². The van der Waals surface area contributed by atoms with E-state index in [1.807, 2.05) is 50.2 Å². The largest absolute Gasteiger partial charge is 0.339 e. The van der Waals surface area contributed by atoms with Crippen molar-refractivity contribution in [3.8, 4) is 5.69 Å². The minimum absolute atomic E-state index is 0.0687. The van der Waals surface area contributed by atoms with E-state index in [0.29, 0.717) is 23.1 Å². The third-order valence-electron chi connectivity index (χ3n) is 5.47. The smallest absolute Gasteiger partial charge is 0.243 e. The van der Waals surface area contributed by atoms with Gasteiger partial charge in [0.1, 0.15) is 0 Å². The summed E-state index contributed by atoms with van der Waals surface area (Å²) in [7, 11) is -3.57. The van der Waals surface area contributed by atoms with Crippen LogP contribution in [0.5, 0.6) is 0 Å². The third-order valence-corrected chi connectivity index (χ3v) is 8.27. The molecule has 0 radical (unpaired) electrons. The standard InChI is InChI=1S/C21H24N6O3S2/c1-16-8-9-19(14-17(16)2)32(29,30)26-12-10-25(11-13-26)20(28)15-31-21-22-23-24-27(21)18-6-4-3-5-7-18/h3-9,14H,10-13,15H2,1-2H3. The summed E-state index contributed by atoms with van der Waals surface area (Å²) in [6.45, 7) is 5.10. The van der Waals surface area contributed by atoms with E-state index in [4.69, 9.17) is 0 Å². The number of thioether (sulfide) groups is 1. The number of carbonyl (C=O) groups excluding carboxylic acids is 1. The van der Waals surface area contributed by atoms with Crippen LogP contribution in [-0.2, 0) is 14.8 Å². The van der Waals surface area contributed by atoms with Gasteiger partial charge in [0.05, 0.1) is 16.3 Å². The Morgan fingerprint density at radius 2 is 1.72 bits per heavy atom. The quantitative estimate of drug-likeness (QED) is 0.505. The molecule has 1 amide bonds. The van der Waals surface area contributed by atoms with E-state index in [0.717, 1.165) is 16.8 Å². The summed E-state index contributed by atoms with van der Waals surface area (Å²) in [6.07, 6.45) is 0. The fourth-order valence-corrected chi connectivity index (χ4v) is 5.72. The van der Waals surface area contributed by atoms with Crippen molar-refractivity contribution in [1.82, 2.24) is 29.4 Å². The molecule has 11 heteroatoms. The Labute approximate surface area is 191 Å². The van der Waals surface area contributed by atoms with Crippen molar-refractivity contribution in [2.45, 2.75) is 23.9 Å². The van der Waals surface area contributed by atoms with E-state index in [2.05, 4.69) is 15.5 Å². The lowest BCUT2D eigenvalue weighted by Crippen LogP contribution is -2.51. The molecule has 1 aliphatic heterocycles. The number of rotatable bonds is 6. The van der Waals surface area contributed by atoms with Crippen molar-refractivity contribution < 1.29 is 13.2 Å². The molecule has 1 aliphatic rings. The summed E-state index contributed by atoms with van der Waals surface area (Å²) in [4.78, 5) is 14.7. The Morgan fingerprint density at radius 1 is 1.00 bits per heavy atom. The van der Waals surface area contributed by atoms with Crippen LogP contribution < -0.4 is 0 Å². The van der Waals surface area contributed by atoms with Gasteiger partial charge in [-0.15, -0.1) is 5.10 Å². The van der Waals surface area contributed by atoms with Gasteiger partial charge in [-0.1, -0.05) is 36.0 Å². The van der Waals surface area contributed by atoms with Gasteiger partial charge in [-0.05, 0) is 59.7 Å². The van der Waals surface area contributed by atoms with Gasteiger partial charge in [0.25, 0.3) is 0 Å². The van der Waals surface area contributed by atoms with Gasteiger partial charge in [0.15, 0.2) is 0 Å². The number of hydrogen-bond acceptors (Lipinski definition) is 7. The summed E-state index contributed by atoms with van der Waals surface area (Å²) < 4.78 is 29.0. The van der Waals surface area contributed by atoms with E-state index in [9.17, 15) is 13.2 Å². The Balaban J connectivity index is 1.34. The summed E-state index contributed by atoms with van der Waals surface area (Å²) >= 11 is 1.26. The number of piperazine rings is 1. The summed E-state index contributed by atoms with van der Waals surface area (Å²) in [5.41, 5.74) is 2.81. The minimum atomic E-state index is -3.57. The van der Waals surface area contributed by atoms with Crippen LogP contribution in [-0.4, -0.2) is 75.7 Å². The van der Waals surface area contributed by atoms with Crippen LogP contribution in [0.25, 0.3) is 5.69 Å². The zero-order valence-corrected chi connectivity index (χ0v) is 19.5. The molecule has 0 aliphatic carbocycles. The normalized spacial score (nSPS) is 15.1. The maximum Gasteiger partial charge on any atom is 0.243 e. The molecule has 0 bridgehead atoms. The number of carbonyl (C=O) groups is 1. The molecule has 2 aromatic carbocycles. The fourth-order valence-electron chi connectivity index (χ4n) is 3.42. The number of nitrogens with zero attached hydrogens (tertiary/aromatic N) is 6. The monoisotopic (exact) mass is 472 g/mol. The molecule has 0 atom stereocenters. The highest BCUT2D eigenvalue weighted by Crippen LogP contribution is 2.22. The molecule has 32 heavy (non-hydrogen) atoms. The lowest BCUT2D eigenvalue weighted by atomic mass is 10.1. The number of hydrogen-bond donors (Lipinski definition) is 0. The molecule has 1 saturated heterocycles. The highest BCUT2D eigenvalue weighted by Gasteiger charge is 2.30. The van der Waals surface area contributed by atoms with Gasteiger partial charge >= 0.3 is 0 Å². The first kappa shape index (κ1) is 22.4. The van der Waals surface area contributed by atoms with E-state index in [-0.39, 0.29) is 24.7 Å². The first-order chi connectivity index (χ1) is 15.4. The molecule has 2 heterocycles. The van der Waals surface area contributed by atoms with Gasteiger partial charge in [-0.3, -0.25) is 4.79 Å². The van der Waals surface area contributed by atoms with Crippen molar-refractivity contribution in [1.29, 1.82) is 0 Å². The van der Waals surface area contributed by atoms with Crippen molar-refractivity contribution >= 4 is 27.7 Å². The molecule has 3 aromatic rings. The highest BCUT2D eigenvalue weighted by molar-refractivity contribution is 7.99. The van der Waals surface area contributed by atoms with Crippen molar-refractivity contribution in [3.63, 3.8) is 0 Å². The second-order valence-corrected chi connectivity index (χ2v) is 10.4. The zero-order valence-electron chi connectivity index (χ0n) is 17.9. The van der Waals surface area contributed by atoms with Gasteiger partial charge in [0, 0.05) is 26.2 Å². The van der Waals surface area contributed by atoms with E-state index < -0.39 is 10.0 Å². The van der Waals surface area contributed by atoms with E-state index in [1.54, 1.807) is 21.7 Å². The lowest BCUT2D eigenvalue weighted by molar-refractivity contribution is -0.129. The Bertz CT molecular complexity index is 1210. The molecular formula is C21H24N6O3S2. The van der Waals surface area contributed by atoms with Crippen LogP contribution in [0.4, 0.5) is 0 Å². The average Bonchev–Trinajstić information content (AvgIpc) is 3.28. The van der Waals surface area contributed by atoms with E-state index >= 15 is 0 Å². The Kier molecular flexibility index (Phi) is 6.58. The molecule has 0 unspecified atom stereocenters. The SMILES string of the molecule is Cc1ccc(S(=O)(=O)N2CCN(C(=O)CSc3nnnn3-c3ccccc3)CC2)cc1C. The fraction of sp³-hybridized carbons (Fsp3) is 0.333. The van der Waals surface area contributed by atoms with Crippen LogP contribution >= 0.6 is 11.8 Å². The predicted octanol–water partition coefficient (Wildman–Crippen LogP) is 1.90. The van der Waals surface area contributed by atoms with Gasteiger partial charge in [-0.2, -0.15) is 8.99 Å². The Morgan fingerprint density at radius 3 is 2.41 bits per heavy atom. The summed E-state index contributed by atoms with van der Waals surface area (Å²) in [6, 6.07) is 14.6. The maximum absolute atomic E-state index is 13.0. The minimum Gasteiger partial charge on any atom is -0.339 e. The second-order valence-electron chi connectivity index (χ2n) is 7.53. The Hall–Kier alpha value is -2.76. The molecular weight excluding hydrogens is 448 g/mol. The average molecular weight is 473 g/mol. The number of aryl methyl sites for hydroxylation is 2. The molecule has 4 rings (SSSR count). The van der Waals surface area contributed by atoms with Crippen LogP contribution in [0.3, 0.4) is 0 Å². The van der Waals surface area contributed by atoms with Gasteiger partial charge < -0.3 is 4.90 Å². The molecule has 0 N–H and O–H groups in total. The summed E-state index contributed by atoms with van der Waals surface area (Å²) in [5, 5.41) is 12.2. The molecule has 0 saturated carbocycles. The van der Waals surface area contributed by atoms with Crippen molar-refractivity contribution in [2.24, 2.45) is 0 Å². The van der Waals surface area contributed by atoms with Crippen molar-refractivity contribution in [3.05, 3.63) is 59.7 Å². The van der Waals surface area contributed by atoms with Crippen LogP contribution in [0, 0.1) is 13.8 Å². The van der Waals surface area contributed by atoms with Gasteiger partial charge in [0.2, 0.25) is 21.1 Å². The van der Waals surface area contributed by atoms with Crippen LogP contribution in [0.15, 0.2) is 58.6 Å². The third kappa shape index (κ3) is 4.69.